The monoisotopic (exact) mass is 418 g/mol. The fraction of sp³-hybridized carbons (Fsp3) is 0.571. The fourth-order valence-corrected chi connectivity index (χ4v) is 5.37. The number of thiophene rings is 1. The molecule has 2 fully saturated rings. The van der Waals surface area contributed by atoms with Gasteiger partial charge < -0.3 is 10.6 Å². The summed E-state index contributed by atoms with van der Waals surface area (Å²) in [6, 6.07) is 3.68. The zero-order valence-corrected chi connectivity index (χ0v) is 18.2. The molecule has 158 valence electrons. The Bertz CT molecular complexity index is 813. The summed E-state index contributed by atoms with van der Waals surface area (Å²) >= 11 is 1.59. The lowest BCUT2D eigenvalue weighted by Gasteiger charge is -2.40. The summed E-state index contributed by atoms with van der Waals surface area (Å²) in [5, 5.41) is 6.70. The van der Waals surface area contributed by atoms with Crippen molar-refractivity contribution in [1.82, 2.24) is 15.1 Å². The summed E-state index contributed by atoms with van der Waals surface area (Å²) in [6.07, 6.45) is 2.33. The van der Waals surface area contributed by atoms with Gasteiger partial charge in [-0.3, -0.25) is 19.4 Å². The van der Waals surface area contributed by atoms with E-state index in [0.29, 0.717) is 6.42 Å². The maximum absolute atomic E-state index is 13.1. The van der Waals surface area contributed by atoms with Crippen LogP contribution >= 0.6 is 11.3 Å². The number of hydrogen-bond donors (Lipinski definition) is 2. The summed E-state index contributed by atoms with van der Waals surface area (Å²) in [7, 11) is 0. The highest BCUT2D eigenvalue weighted by Gasteiger charge is 2.54. The van der Waals surface area contributed by atoms with Crippen LogP contribution in [0.2, 0.25) is 0 Å². The lowest BCUT2D eigenvalue weighted by atomic mass is 9.75. The minimum absolute atomic E-state index is 0.0620. The molecule has 0 radical (unpaired) electrons. The predicted molar refractivity (Wildman–Crippen MR) is 115 cm³/mol. The number of piperidine rings is 1. The summed E-state index contributed by atoms with van der Waals surface area (Å²) in [5.74, 6) is -0.0358. The molecule has 7 nitrogen and oxygen atoms in total. The van der Waals surface area contributed by atoms with E-state index in [0.717, 1.165) is 43.1 Å². The molecule has 0 aliphatic carbocycles. The zero-order valence-electron chi connectivity index (χ0n) is 17.4. The first-order valence-electron chi connectivity index (χ1n) is 10.1. The van der Waals surface area contributed by atoms with Crippen LogP contribution in [0.5, 0.6) is 0 Å². The van der Waals surface area contributed by atoms with E-state index >= 15 is 0 Å². The molecular formula is C21H30N4O3S. The van der Waals surface area contributed by atoms with Crippen LogP contribution in [0, 0.1) is 5.92 Å². The molecule has 0 unspecified atom stereocenters. The quantitative estimate of drug-likeness (QED) is 0.526. The molecule has 2 aliphatic rings. The Morgan fingerprint density at radius 1 is 1.31 bits per heavy atom. The molecule has 0 aromatic carbocycles. The highest BCUT2D eigenvalue weighted by Crippen LogP contribution is 2.37. The molecule has 1 atom stereocenters. The molecule has 0 spiro atoms. The minimum atomic E-state index is -0.792. The molecule has 1 aromatic heterocycles. The molecule has 2 N–H and O–H groups in total. The van der Waals surface area contributed by atoms with Crippen LogP contribution in [-0.2, 0) is 16.1 Å². The van der Waals surface area contributed by atoms with Crippen molar-refractivity contribution in [1.29, 1.82) is 0 Å². The standard InChI is InChI=1S/C21H30N4O3S/c1-5-21(19(27)25(12-14(2)3)20(28)23-21)16-8-10-24(11-9-16)13-17-6-7-18(29-17)22-15(4)26/h6-7,16H,2,5,8-13H2,1,3-4H3,(H,22,26)(H,23,28)/t21-/m1/s1. The summed E-state index contributed by atoms with van der Waals surface area (Å²) < 4.78 is 0. The molecule has 0 bridgehead atoms. The summed E-state index contributed by atoms with van der Waals surface area (Å²) in [4.78, 5) is 41.6. The molecule has 29 heavy (non-hydrogen) atoms. The lowest BCUT2D eigenvalue weighted by molar-refractivity contribution is -0.134. The fourth-order valence-electron chi connectivity index (χ4n) is 4.37. The van der Waals surface area contributed by atoms with Crippen LogP contribution < -0.4 is 10.6 Å². The number of urea groups is 1. The number of rotatable bonds is 7. The van der Waals surface area contributed by atoms with Gasteiger partial charge in [0.15, 0.2) is 0 Å². The number of nitrogens with zero attached hydrogens (tertiary/aromatic N) is 2. The highest BCUT2D eigenvalue weighted by molar-refractivity contribution is 7.16. The number of anilines is 1. The average molecular weight is 419 g/mol. The molecular weight excluding hydrogens is 388 g/mol. The van der Waals surface area contributed by atoms with Crippen molar-refractivity contribution in [3.8, 4) is 0 Å². The second kappa shape index (κ2) is 8.67. The van der Waals surface area contributed by atoms with Crippen LogP contribution in [0.15, 0.2) is 24.3 Å². The van der Waals surface area contributed by atoms with Gasteiger partial charge in [0.1, 0.15) is 5.54 Å². The van der Waals surface area contributed by atoms with E-state index in [1.165, 1.54) is 16.7 Å². The molecule has 3 heterocycles. The summed E-state index contributed by atoms with van der Waals surface area (Å²) in [6.45, 7) is 12.0. The van der Waals surface area contributed by atoms with Gasteiger partial charge in [-0.25, -0.2) is 4.79 Å². The Morgan fingerprint density at radius 3 is 2.59 bits per heavy atom. The topological polar surface area (TPSA) is 81.8 Å². The second-order valence-electron chi connectivity index (χ2n) is 8.10. The average Bonchev–Trinajstić information content (AvgIpc) is 3.19. The lowest BCUT2D eigenvalue weighted by Crippen LogP contribution is -2.55. The van der Waals surface area contributed by atoms with Gasteiger partial charge in [0.05, 0.1) is 11.5 Å². The number of nitrogens with one attached hydrogen (secondary N) is 2. The van der Waals surface area contributed by atoms with Crippen LogP contribution in [0.4, 0.5) is 9.80 Å². The molecule has 0 saturated carbocycles. The minimum Gasteiger partial charge on any atom is -0.323 e. The molecule has 2 aliphatic heterocycles. The number of likely N-dealkylation sites (tertiary alicyclic amines) is 1. The van der Waals surface area contributed by atoms with E-state index in [1.807, 2.05) is 26.0 Å². The SMILES string of the molecule is C=C(C)CN1C(=O)N[C@](CC)(C2CCN(Cc3ccc(NC(C)=O)s3)CC2)C1=O. The van der Waals surface area contributed by atoms with Gasteiger partial charge in [0, 0.05) is 18.3 Å². The number of carbonyl (C=O) groups is 3. The van der Waals surface area contributed by atoms with Crippen molar-refractivity contribution < 1.29 is 14.4 Å². The Morgan fingerprint density at radius 2 is 2.00 bits per heavy atom. The van der Waals surface area contributed by atoms with Gasteiger partial charge in [0.2, 0.25) is 5.91 Å². The zero-order chi connectivity index (χ0) is 21.2. The van der Waals surface area contributed by atoms with Gasteiger partial charge in [-0.1, -0.05) is 19.1 Å². The third kappa shape index (κ3) is 4.53. The third-order valence-corrected chi connectivity index (χ3v) is 6.80. The van der Waals surface area contributed by atoms with E-state index in [1.54, 1.807) is 11.3 Å². The predicted octanol–water partition coefficient (Wildman–Crippen LogP) is 3.20. The van der Waals surface area contributed by atoms with Crippen LogP contribution in [0.1, 0.15) is 44.9 Å². The first-order valence-corrected chi connectivity index (χ1v) is 10.9. The smallest absolute Gasteiger partial charge is 0.323 e. The van der Waals surface area contributed by atoms with E-state index < -0.39 is 5.54 Å². The molecule has 2 saturated heterocycles. The first kappa shape index (κ1) is 21.5. The van der Waals surface area contributed by atoms with Crippen LogP contribution in [-0.4, -0.2) is 52.8 Å². The van der Waals surface area contributed by atoms with Gasteiger partial charge in [-0.05, 0) is 57.3 Å². The van der Waals surface area contributed by atoms with Gasteiger partial charge >= 0.3 is 6.03 Å². The largest absolute Gasteiger partial charge is 0.325 e. The van der Waals surface area contributed by atoms with Gasteiger partial charge in [-0.15, -0.1) is 11.3 Å². The Kier molecular flexibility index (Phi) is 6.43. The maximum Gasteiger partial charge on any atom is 0.325 e. The van der Waals surface area contributed by atoms with Crippen molar-refractivity contribution >= 4 is 34.2 Å². The summed E-state index contributed by atoms with van der Waals surface area (Å²) in [5.41, 5.74) is 0.00458. The number of imide groups is 1. The van der Waals surface area contributed by atoms with Crippen molar-refractivity contribution in [3.05, 3.63) is 29.2 Å². The Hall–Kier alpha value is -2.19. The Labute approximate surface area is 176 Å². The van der Waals surface area contributed by atoms with Crippen molar-refractivity contribution in [3.63, 3.8) is 0 Å². The van der Waals surface area contributed by atoms with E-state index in [4.69, 9.17) is 0 Å². The first-order chi connectivity index (χ1) is 13.7. The molecule has 8 heteroatoms. The highest BCUT2D eigenvalue weighted by atomic mass is 32.1. The molecule has 3 rings (SSSR count). The molecule has 4 amide bonds. The molecule has 1 aromatic rings. The van der Waals surface area contributed by atoms with Crippen molar-refractivity contribution in [2.75, 3.05) is 25.0 Å². The van der Waals surface area contributed by atoms with Crippen molar-refractivity contribution in [2.45, 2.75) is 52.1 Å². The number of hydrogen-bond acceptors (Lipinski definition) is 5. The van der Waals surface area contributed by atoms with Crippen molar-refractivity contribution in [2.24, 2.45) is 5.92 Å². The normalized spacial score (nSPS) is 23.3. The number of amides is 4. The number of carbonyl (C=O) groups excluding carboxylic acids is 3. The van der Waals surface area contributed by atoms with Crippen LogP contribution in [0.25, 0.3) is 0 Å². The van der Waals surface area contributed by atoms with E-state index in [-0.39, 0.29) is 30.3 Å². The van der Waals surface area contributed by atoms with Gasteiger partial charge in [0.25, 0.3) is 5.91 Å². The van der Waals surface area contributed by atoms with E-state index in [9.17, 15) is 14.4 Å². The van der Waals surface area contributed by atoms with Crippen LogP contribution in [0.3, 0.4) is 0 Å². The maximum atomic E-state index is 13.1. The van der Waals surface area contributed by atoms with Gasteiger partial charge in [-0.2, -0.15) is 0 Å². The Balaban J connectivity index is 1.61. The second-order valence-corrected chi connectivity index (χ2v) is 9.27. The van der Waals surface area contributed by atoms with E-state index in [2.05, 4.69) is 22.1 Å². The third-order valence-electron chi connectivity index (χ3n) is 5.81.